The number of benzene rings is 2. The predicted octanol–water partition coefficient (Wildman–Crippen LogP) is 3.35. The van der Waals surface area contributed by atoms with Gasteiger partial charge in [0.2, 0.25) is 5.91 Å². The van der Waals surface area contributed by atoms with Crippen molar-refractivity contribution >= 4 is 33.3 Å². The van der Waals surface area contributed by atoms with E-state index < -0.39 is 16.1 Å². The summed E-state index contributed by atoms with van der Waals surface area (Å²) in [6, 6.07) is 10.6. The van der Waals surface area contributed by atoms with Gasteiger partial charge in [0.1, 0.15) is 11.4 Å². The first kappa shape index (κ1) is 20.9. The van der Waals surface area contributed by atoms with E-state index in [0.29, 0.717) is 5.56 Å². The quantitative estimate of drug-likeness (QED) is 0.811. The van der Waals surface area contributed by atoms with Crippen LogP contribution in [-0.4, -0.2) is 32.9 Å². The van der Waals surface area contributed by atoms with E-state index in [-0.39, 0.29) is 34.8 Å². The number of para-hydroxylation sites is 1. The van der Waals surface area contributed by atoms with Crippen LogP contribution < -0.4 is 14.5 Å². The van der Waals surface area contributed by atoms with E-state index >= 15 is 0 Å². The van der Waals surface area contributed by atoms with Crippen LogP contribution >= 0.6 is 0 Å². The van der Waals surface area contributed by atoms with E-state index in [1.807, 2.05) is 26.8 Å². The summed E-state index contributed by atoms with van der Waals surface area (Å²) in [6.45, 7) is 7.17. The van der Waals surface area contributed by atoms with Gasteiger partial charge in [-0.1, -0.05) is 31.2 Å². The first-order valence-electron chi connectivity index (χ1n) is 9.50. The summed E-state index contributed by atoms with van der Waals surface area (Å²) in [5, 5.41) is 2.82. The molecule has 0 spiro atoms. The van der Waals surface area contributed by atoms with Crippen LogP contribution in [-0.2, 0) is 14.8 Å². The molecular weight excluding hydrogens is 390 g/mol. The van der Waals surface area contributed by atoms with Gasteiger partial charge in [-0.15, -0.1) is 0 Å². The molecule has 154 valence electrons. The number of fused-ring (bicyclic) bond motifs is 1. The molecule has 0 fully saturated rings. The normalized spacial score (nSPS) is 16.3. The predicted molar refractivity (Wildman–Crippen MR) is 113 cm³/mol. The molecule has 8 heteroatoms. The van der Waals surface area contributed by atoms with Crippen LogP contribution in [0.15, 0.2) is 47.4 Å². The molecule has 2 aromatic carbocycles. The van der Waals surface area contributed by atoms with Crippen molar-refractivity contribution in [3.8, 4) is 0 Å². The number of aryl methyl sites for hydroxylation is 1. The molecule has 0 radical (unpaired) electrons. The fraction of sp³-hybridized carbons (Fsp3) is 0.333. The zero-order valence-electron chi connectivity index (χ0n) is 17.0. The highest BCUT2D eigenvalue weighted by Crippen LogP contribution is 2.38. The molecule has 1 aliphatic heterocycles. The second kappa shape index (κ2) is 7.87. The van der Waals surface area contributed by atoms with Gasteiger partial charge in [0.15, 0.2) is 0 Å². The summed E-state index contributed by atoms with van der Waals surface area (Å²) in [4.78, 5) is 27.1. The highest BCUT2D eigenvalue weighted by atomic mass is 32.2. The first-order chi connectivity index (χ1) is 13.7. The minimum atomic E-state index is -4.11. The van der Waals surface area contributed by atoms with Crippen molar-refractivity contribution in [1.82, 2.24) is 5.32 Å². The van der Waals surface area contributed by atoms with Gasteiger partial charge in [0.05, 0.1) is 11.4 Å². The summed E-state index contributed by atoms with van der Waals surface area (Å²) in [5.41, 5.74) is 2.05. The van der Waals surface area contributed by atoms with Crippen LogP contribution in [0.3, 0.4) is 0 Å². The Balaban J connectivity index is 2.12. The van der Waals surface area contributed by atoms with E-state index in [9.17, 15) is 18.0 Å². The van der Waals surface area contributed by atoms with Gasteiger partial charge in [-0.3, -0.25) is 9.69 Å². The number of nitrogens with one attached hydrogen (secondary N) is 1. The topological polar surface area (TPSA) is 86.8 Å². The Bertz CT molecular complexity index is 1070. The van der Waals surface area contributed by atoms with Crippen LogP contribution in [0.5, 0.6) is 0 Å². The number of hydrogen-bond donors (Lipinski definition) is 1. The molecule has 0 bridgehead atoms. The Morgan fingerprint density at radius 1 is 1.07 bits per heavy atom. The lowest BCUT2D eigenvalue weighted by molar-refractivity contribution is -0.120. The molecule has 1 atom stereocenters. The summed E-state index contributed by atoms with van der Waals surface area (Å²) in [6.07, 6.45) is 0.749. The molecule has 1 heterocycles. The number of hydrogen-bond acceptors (Lipinski definition) is 4. The molecular formula is C21H25N3O4S. The van der Waals surface area contributed by atoms with Crippen LogP contribution in [0.1, 0.15) is 31.4 Å². The van der Waals surface area contributed by atoms with Crippen molar-refractivity contribution in [2.75, 3.05) is 15.7 Å². The van der Waals surface area contributed by atoms with Crippen LogP contribution in [0, 0.1) is 13.8 Å². The van der Waals surface area contributed by atoms with Crippen molar-refractivity contribution in [2.24, 2.45) is 0 Å². The molecule has 0 saturated carbocycles. The monoisotopic (exact) mass is 415 g/mol. The number of urea groups is 1. The minimum Gasteiger partial charge on any atom is -0.352 e. The number of amides is 3. The third-order valence-electron chi connectivity index (χ3n) is 5.20. The van der Waals surface area contributed by atoms with Crippen LogP contribution in [0.25, 0.3) is 0 Å². The van der Waals surface area contributed by atoms with E-state index in [2.05, 4.69) is 5.32 Å². The van der Waals surface area contributed by atoms with Crippen molar-refractivity contribution in [3.05, 3.63) is 53.6 Å². The second-order valence-electron chi connectivity index (χ2n) is 7.20. The van der Waals surface area contributed by atoms with E-state index in [1.54, 1.807) is 37.3 Å². The van der Waals surface area contributed by atoms with Gasteiger partial charge in [0.25, 0.3) is 10.0 Å². The van der Waals surface area contributed by atoms with Crippen molar-refractivity contribution in [2.45, 2.75) is 45.1 Å². The number of anilines is 2. The average Bonchev–Trinajstić information content (AvgIpc) is 2.68. The SMILES string of the molecule is CC[C@H](C)NC(=O)CN1C(=O)N(c2cccc(C)c2C)S(=O)(=O)c2ccccc21. The van der Waals surface area contributed by atoms with Crippen molar-refractivity contribution in [1.29, 1.82) is 0 Å². The Kier molecular flexibility index (Phi) is 5.66. The molecule has 0 aromatic heterocycles. The Morgan fingerprint density at radius 3 is 2.41 bits per heavy atom. The fourth-order valence-corrected chi connectivity index (χ4v) is 4.87. The lowest BCUT2D eigenvalue weighted by atomic mass is 10.1. The number of carbonyl (C=O) groups is 2. The van der Waals surface area contributed by atoms with E-state index in [0.717, 1.165) is 16.3 Å². The number of nitrogens with zero attached hydrogens (tertiary/aromatic N) is 2. The molecule has 2 aromatic rings. The van der Waals surface area contributed by atoms with Gasteiger partial charge in [-0.05, 0) is 56.5 Å². The summed E-state index contributed by atoms with van der Waals surface area (Å²) >= 11 is 0. The lowest BCUT2D eigenvalue weighted by Crippen LogP contribution is -2.54. The minimum absolute atomic E-state index is 0.00292. The fourth-order valence-electron chi connectivity index (χ4n) is 3.22. The molecule has 7 nitrogen and oxygen atoms in total. The van der Waals surface area contributed by atoms with Crippen molar-refractivity contribution < 1.29 is 18.0 Å². The molecule has 0 saturated heterocycles. The van der Waals surface area contributed by atoms with Crippen molar-refractivity contribution in [3.63, 3.8) is 0 Å². The second-order valence-corrected chi connectivity index (χ2v) is 8.96. The molecule has 0 aliphatic carbocycles. The van der Waals surface area contributed by atoms with Crippen LogP contribution in [0.4, 0.5) is 16.2 Å². The molecule has 29 heavy (non-hydrogen) atoms. The molecule has 3 amide bonds. The van der Waals surface area contributed by atoms with E-state index in [4.69, 9.17) is 0 Å². The zero-order chi connectivity index (χ0) is 21.3. The molecule has 1 aliphatic rings. The van der Waals surface area contributed by atoms with Crippen LogP contribution in [0.2, 0.25) is 0 Å². The molecule has 0 unspecified atom stereocenters. The van der Waals surface area contributed by atoms with Gasteiger partial charge in [-0.2, -0.15) is 4.31 Å². The first-order valence-corrected chi connectivity index (χ1v) is 10.9. The highest BCUT2D eigenvalue weighted by molar-refractivity contribution is 7.94. The Morgan fingerprint density at radius 2 is 1.72 bits per heavy atom. The Labute approximate surface area is 171 Å². The van der Waals surface area contributed by atoms with Gasteiger partial charge < -0.3 is 5.32 Å². The maximum Gasteiger partial charge on any atom is 0.343 e. The molecule has 3 rings (SSSR count). The maximum atomic E-state index is 13.4. The molecule has 1 N–H and O–H groups in total. The van der Waals surface area contributed by atoms with Gasteiger partial charge >= 0.3 is 6.03 Å². The number of rotatable bonds is 5. The Hall–Kier alpha value is -2.87. The third kappa shape index (κ3) is 3.72. The van der Waals surface area contributed by atoms with Gasteiger partial charge in [-0.25, -0.2) is 13.2 Å². The highest BCUT2D eigenvalue weighted by Gasteiger charge is 2.43. The standard InChI is InChI=1S/C21H25N3O4S/c1-5-15(3)22-20(25)13-23-18-10-6-7-12-19(18)29(27,28)24(21(23)26)17-11-8-9-14(2)16(17)4/h6-12,15H,5,13H2,1-4H3,(H,22,25)/t15-/m0/s1. The summed E-state index contributed by atoms with van der Waals surface area (Å²) < 4.78 is 27.4. The summed E-state index contributed by atoms with van der Waals surface area (Å²) in [5.74, 6) is -0.345. The zero-order valence-corrected chi connectivity index (χ0v) is 17.8. The largest absolute Gasteiger partial charge is 0.352 e. The lowest BCUT2D eigenvalue weighted by Gasteiger charge is -2.36. The summed E-state index contributed by atoms with van der Waals surface area (Å²) in [7, 11) is -4.11. The maximum absolute atomic E-state index is 13.4. The van der Waals surface area contributed by atoms with E-state index in [1.165, 1.54) is 11.0 Å². The number of sulfonamides is 1. The van der Waals surface area contributed by atoms with Gasteiger partial charge in [0, 0.05) is 6.04 Å². The average molecular weight is 416 g/mol. The third-order valence-corrected chi connectivity index (χ3v) is 6.93. The smallest absolute Gasteiger partial charge is 0.343 e. The number of carbonyl (C=O) groups excluding carboxylic acids is 2.